The van der Waals surface area contributed by atoms with Gasteiger partial charge in [-0.2, -0.15) is 0 Å². The zero-order valence-corrected chi connectivity index (χ0v) is 13.5. The van der Waals surface area contributed by atoms with E-state index in [0.717, 1.165) is 28.8 Å². The Morgan fingerprint density at radius 1 is 1.25 bits per heavy atom. The van der Waals surface area contributed by atoms with Crippen molar-refractivity contribution in [1.82, 2.24) is 0 Å². The van der Waals surface area contributed by atoms with Crippen LogP contribution < -0.4 is 9.46 Å². The van der Waals surface area contributed by atoms with Crippen molar-refractivity contribution in [2.45, 2.75) is 32.6 Å². The van der Waals surface area contributed by atoms with Gasteiger partial charge in [0, 0.05) is 17.5 Å². The van der Waals surface area contributed by atoms with Crippen molar-refractivity contribution >= 4 is 23.7 Å². The third-order valence-electron chi connectivity index (χ3n) is 4.06. The van der Waals surface area contributed by atoms with E-state index in [1.165, 1.54) is 25.7 Å². The van der Waals surface area contributed by atoms with E-state index in [2.05, 4.69) is 35.9 Å². The Morgan fingerprint density at radius 3 is 2.65 bits per heavy atom. The van der Waals surface area contributed by atoms with Gasteiger partial charge >= 0.3 is 0 Å². The van der Waals surface area contributed by atoms with E-state index in [1.54, 1.807) is 19.1 Å². The molecule has 0 unspecified atom stereocenters. The van der Waals surface area contributed by atoms with Crippen molar-refractivity contribution in [3.63, 3.8) is 0 Å². The summed E-state index contributed by atoms with van der Waals surface area (Å²) in [6, 6.07) is 6.23. The lowest BCUT2D eigenvalue weighted by molar-refractivity contribution is 0.331. The Kier molecular flexibility index (Phi) is 5.84. The van der Waals surface area contributed by atoms with E-state index in [0.29, 0.717) is 0 Å². The average molecular weight is 291 g/mol. The summed E-state index contributed by atoms with van der Waals surface area (Å²) in [5.41, 5.74) is 2.28. The lowest BCUT2D eigenvalue weighted by Crippen LogP contribution is -2.09. The smallest absolute Gasteiger partial charge is 0.126 e. The summed E-state index contributed by atoms with van der Waals surface area (Å²) in [7, 11) is 1.73. The number of nitrogens with one attached hydrogen (secondary N) is 1. The fourth-order valence-electron chi connectivity index (χ4n) is 2.76. The van der Waals surface area contributed by atoms with E-state index in [4.69, 9.17) is 4.74 Å². The Balaban J connectivity index is 2.08. The Labute approximate surface area is 127 Å². The summed E-state index contributed by atoms with van der Waals surface area (Å²) >= 11 is 1.61. The number of hydrogen-bond acceptors (Lipinski definition) is 3. The molecule has 0 bridgehead atoms. The zero-order chi connectivity index (χ0) is 14.4. The lowest BCUT2D eigenvalue weighted by Gasteiger charge is -2.23. The Hall–Kier alpha value is -1.09. The minimum atomic E-state index is 0.730. The highest BCUT2D eigenvalue weighted by molar-refractivity contribution is 7.99. The number of allylic oxidation sites excluding steroid dienone is 1. The van der Waals surface area contributed by atoms with Crippen LogP contribution in [0.2, 0.25) is 0 Å². The molecule has 0 radical (unpaired) electrons. The van der Waals surface area contributed by atoms with Crippen molar-refractivity contribution in [2.24, 2.45) is 11.8 Å². The third kappa shape index (κ3) is 4.20. The number of benzene rings is 1. The van der Waals surface area contributed by atoms with Crippen molar-refractivity contribution in [3.8, 4) is 5.75 Å². The SMILES string of the molecule is COc1ccc(NSC)cc1/C=C/C1CCC(C)CC1. The van der Waals surface area contributed by atoms with Gasteiger partial charge in [0.25, 0.3) is 0 Å². The zero-order valence-electron chi connectivity index (χ0n) is 12.7. The van der Waals surface area contributed by atoms with Gasteiger partial charge in [-0.3, -0.25) is 0 Å². The van der Waals surface area contributed by atoms with Crippen LogP contribution in [0.1, 0.15) is 38.2 Å². The first-order valence-electron chi connectivity index (χ1n) is 7.38. The second kappa shape index (κ2) is 7.63. The quantitative estimate of drug-likeness (QED) is 0.751. The molecule has 0 amide bonds. The minimum Gasteiger partial charge on any atom is -0.496 e. The predicted molar refractivity (Wildman–Crippen MR) is 90.3 cm³/mol. The van der Waals surface area contributed by atoms with E-state index < -0.39 is 0 Å². The van der Waals surface area contributed by atoms with Crippen LogP contribution in [0.3, 0.4) is 0 Å². The van der Waals surface area contributed by atoms with Crippen LogP contribution >= 0.6 is 11.9 Å². The van der Waals surface area contributed by atoms with Gasteiger partial charge in [-0.1, -0.05) is 43.9 Å². The van der Waals surface area contributed by atoms with Crippen LogP contribution in [0.5, 0.6) is 5.75 Å². The monoisotopic (exact) mass is 291 g/mol. The maximum atomic E-state index is 5.45. The van der Waals surface area contributed by atoms with E-state index in [9.17, 15) is 0 Å². The second-order valence-electron chi connectivity index (χ2n) is 5.64. The summed E-state index contributed by atoms with van der Waals surface area (Å²) in [5.74, 6) is 2.58. The first-order valence-corrected chi connectivity index (χ1v) is 8.60. The molecule has 1 aliphatic carbocycles. The fourth-order valence-corrected chi connectivity index (χ4v) is 3.13. The maximum absolute atomic E-state index is 5.45. The largest absolute Gasteiger partial charge is 0.496 e. The Bertz CT molecular complexity index is 450. The predicted octanol–water partition coefficient (Wildman–Crippen LogP) is 5.22. The highest BCUT2D eigenvalue weighted by Crippen LogP contribution is 2.31. The summed E-state index contributed by atoms with van der Waals surface area (Å²) in [6.45, 7) is 2.36. The van der Waals surface area contributed by atoms with Crippen LogP contribution in [0.4, 0.5) is 5.69 Å². The molecule has 0 spiro atoms. The fraction of sp³-hybridized carbons (Fsp3) is 0.529. The van der Waals surface area contributed by atoms with Gasteiger partial charge in [0.1, 0.15) is 5.75 Å². The Morgan fingerprint density at radius 2 is 2.00 bits per heavy atom. The van der Waals surface area contributed by atoms with Gasteiger partial charge < -0.3 is 9.46 Å². The lowest BCUT2D eigenvalue weighted by atomic mass is 9.83. The molecule has 1 aliphatic rings. The summed E-state index contributed by atoms with van der Waals surface area (Å²) in [5, 5.41) is 0. The molecule has 0 aromatic heterocycles. The van der Waals surface area contributed by atoms with Gasteiger partial charge in [0.2, 0.25) is 0 Å². The molecule has 3 heteroatoms. The molecule has 110 valence electrons. The summed E-state index contributed by atoms with van der Waals surface area (Å²) in [4.78, 5) is 0. The standard InChI is InChI=1S/C17H25NOS/c1-13-4-6-14(7-5-13)8-9-15-12-16(18-20-3)10-11-17(15)19-2/h8-14,18H,4-7H2,1-3H3/b9-8+. The molecule has 1 saturated carbocycles. The van der Waals surface area contributed by atoms with Crippen molar-refractivity contribution in [2.75, 3.05) is 18.1 Å². The molecule has 1 fully saturated rings. The van der Waals surface area contributed by atoms with Gasteiger partial charge in [-0.15, -0.1) is 0 Å². The van der Waals surface area contributed by atoms with Crippen LogP contribution in [0.15, 0.2) is 24.3 Å². The topological polar surface area (TPSA) is 21.3 Å². The van der Waals surface area contributed by atoms with Crippen LogP contribution in [0, 0.1) is 11.8 Å². The van der Waals surface area contributed by atoms with Gasteiger partial charge in [0.15, 0.2) is 0 Å². The maximum Gasteiger partial charge on any atom is 0.126 e. The molecule has 0 aliphatic heterocycles. The van der Waals surface area contributed by atoms with Crippen LogP contribution in [-0.2, 0) is 0 Å². The molecular weight excluding hydrogens is 266 g/mol. The highest BCUT2D eigenvalue weighted by atomic mass is 32.2. The molecule has 1 aromatic carbocycles. The first-order chi connectivity index (χ1) is 9.72. The third-order valence-corrected chi connectivity index (χ3v) is 4.50. The first kappa shape index (κ1) is 15.3. The highest BCUT2D eigenvalue weighted by Gasteiger charge is 2.15. The van der Waals surface area contributed by atoms with E-state index in [-0.39, 0.29) is 0 Å². The molecule has 20 heavy (non-hydrogen) atoms. The van der Waals surface area contributed by atoms with Gasteiger partial charge in [-0.25, -0.2) is 0 Å². The molecule has 0 saturated heterocycles. The summed E-state index contributed by atoms with van der Waals surface area (Å²) in [6.07, 6.45) is 12.0. The minimum absolute atomic E-state index is 0.730. The molecule has 1 N–H and O–H groups in total. The van der Waals surface area contributed by atoms with Crippen molar-refractivity contribution in [3.05, 3.63) is 29.8 Å². The number of hydrogen-bond donors (Lipinski definition) is 1. The van der Waals surface area contributed by atoms with Crippen LogP contribution in [0.25, 0.3) is 6.08 Å². The number of anilines is 1. The molecule has 2 nitrogen and oxygen atoms in total. The molecular formula is C17H25NOS. The number of ether oxygens (including phenoxy) is 1. The number of rotatable bonds is 5. The molecule has 0 atom stereocenters. The molecule has 2 rings (SSSR count). The van der Waals surface area contributed by atoms with E-state index in [1.807, 2.05) is 12.3 Å². The second-order valence-corrected chi connectivity index (χ2v) is 6.25. The average Bonchev–Trinajstić information content (AvgIpc) is 2.47. The van der Waals surface area contributed by atoms with Crippen molar-refractivity contribution in [1.29, 1.82) is 0 Å². The number of methoxy groups -OCH3 is 1. The van der Waals surface area contributed by atoms with E-state index >= 15 is 0 Å². The van der Waals surface area contributed by atoms with Crippen LogP contribution in [-0.4, -0.2) is 13.4 Å². The van der Waals surface area contributed by atoms with Gasteiger partial charge in [-0.05, 0) is 42.9 Å². The molecule has 1 aromatic rings. The van der Waals surface area contributed by atoms with Crippen molar-refractivity contribution < 1.29 is 4.74 Å². The molecule has 0 heterocycles. The van der Waals surface area contributed by atoms with Gasteiger partial charge in [0.05, 0.1) is 7.11 Å². The normalized spacial score (nSPS) is 22.9. The summed E-state index contributed by atoms with van der Waals surface area (Å²) < 4.78 is 8.72.